The summed E-state index contributed by atoms with van der Waals surface area (Å²) in [6, 6.07) is 2.78. The van der Waals surface area contributed by atoms with Gasteiger partial charge in [-0.3, -0.25) is 9.36 Å². The second-order valence-corrected chi connectivity index (χ2v) is 4.55. The van der Waals surface area contributed by atoms with Crippen LogP contribution in [-0.2, 0) is 11.2 Å². The van der Waals surface area contributed by atoms with Crippen LogP contribution in [0, 0.1) is 25.5 Å². The molecule has 2 aromatic rings. The van der Waals surface area contributed by atoms with Gasteiger partial charge in [0.05, 0.1) is 12.1 Å². The Labute approximate surface area is 118 Å². The number of aliphatic carboxylic acids is 1. The second-order valence-electron chi connectivity index (χ2n) is 4.55. The first kappa shape index (κ1) is 14.8. The van der Waals surface area contributed by atoms with Crippen LogP contribution in [0.4, 0.5) is 8.78 Å². The number of nitrogens with zero attached hydrogens (tertiary/aromatic N) is 2. The Morgan fingerprint density at radius 2 is 2.00 bits per heavy atom. The molecule has 1 heterocycles. The van der Waals surface area contributed by atoms with Gasteiger partial charge in [-0.1, -0.05) is 0 Å². The molecule has 1 aromatic heterocycles. The molecule has 5 nitrogen and oxygen atoms in total. The van der Waals surface area contributed by atoms with Gasteiger partial charge in [-0.25, -0.2) is 13.6 Å². The van der Waals surface area contributed by atoms with Crippen molar-refractivity contribution in [3.63, 3.8) is 0 Å². The monoisotopic (exact) mass is 294 g/mol. The number of carbonyl (C=O) groups is 1. The minimum Gasteiger partial charge on any atom is -0.481 e. The summed E-state index contributed by atoms with van der Waals surface area (Å²) < 4.78 is 27.8. The van der Waals surface area contributed by atoms with Crippen molar-refractivity contribution in [3.05, 3.63) is 57.3 Å². The predicted octanol–water partition coefficient (Wildman–Crippen LogP) is 1.75. The Hall–Kier alpha value is -2.57. The summed E-state index contributed by atoms with van der Waals surface area (Å²) in [6.07, 6.45) is -0.340. The van der Waals surface area contributed by atoms with Crippen molar-refractivity contribution in [3.8, 4) is 5.69 Å². The fraction of sp³-hybridized carbons (Fsp3) is 0.214. The number of benzene rings is 1. The van der Waals surface area contributed by atoms with Gasteiger partial charge in [0, 0.05) is 23.0 Å². The zero-order chi connectivity index (χ0) is 15.7. The van der Waals surface area contributed by atoms with Gasteiger partial charge in [-0.2, -0.15) is 4.98 Å². The lowest BCUT2D eigenvalue weighted by molar-refractivity contribution is -0.136. The molecule has 0 unspecified atom stereocenters. The third kappa shape index (κ3) is 2.81. The van der Waals surface area contributed by atoms with E-state index in [9.17, 15) is 18.4 Å². The summed E-state index contributed by atoms with van der Waals surface area (Å²) in [6.45, 7) is 3.01. The summed E-state index contributed by atoms with van der Waals surface area (Å²) in [4.78, 5) is 26.6. The summed E-state index contributed by atoms with van der Waals surface area (Å²) >= 11 is 0. The number of halogens is 2. The molecule has 0 atom stereocenters. The molecule has 0 aliphatic heterocycles. The van der Waals surface area contributed by atoms with Crippen molar-refractivity contribution >= 4 is 5.97 Å². The molecule has 0 aliphatic carbocycles. The average Bonchev–Trinajstić information content (AvgIpc) is 2.36. The van der Waals surface area contributed by atoms with Crippen molar-refractivity contribution in [2.45, 2.75) is 20.3 Å². The molecule has 0 aliphatic rings. The molecule has 0 saturated heterocycles. The molecule has 2 rings (SSSR count). The molecule has 0 fully saturated rings. The van der Waals surface area contributed by atoms with Crippen molar-refractivity contribution in [2.75, 3.05) is 0 Å². The Kier molecular flexibility index (Phi) is 3.84. The first-order chi connectivity index (χ1) is 9.81. The zero-order valence-electron chi connectivity index (χ0n) is 11.4. The SMILES string of the molecule is Cc1nc(=O)n(-c2ccc(F)cc2F)c(C)c1CC(=O)O. The highest BCUT2D eigenvalue weighted by molar-refractivity contribution is 5.71. The number of hydrogen-bond donors (Lipinski definition) is 1. The van der Waals surface area contributed by atoms with Crippen LogP contribution in [-0.4, -0.2) is 20.6 Å². The summed E-state index contributed by atoms with van der Waals surface area (Å²) in [5.74, 6) is -2.78. The first-order valence-electron chi connectivity index (χ1n) is 6.07. The van der Waals surface area contributed by atoms with E-state index in [1.165, 1.54) is 13.8 Å². The number of hydrogen-bond acceptors (Lipinski definition) is 3. The molecule has 0 spiro atoms. The molecule has 1 N–H and O–H groups in total. The van der Waals surface area contributed by atoms with Crippen molar-refractivity contribution in [1.29, 1.82) is 0 Å². The predicted molar refractivity (Wildman–Crippen MR) is 70.6 cm³/mol. The lowest BCUT2D eigenvalue weighted by Crippen LogP contribution is -2.28. The molecule has 7 heteroatoms. The van der Waals surface area contributed by atoms with E-state index in [2.05, 4.69) is 4.98 Å². The Bertz CT molecular complexity index is 785. The molecule has 0 saturated carbocycles. The number of aromatic nitrogens is 2. The minimum absolute atomic E-state index is 0.168. The van der Waals surface area contributed by atoms with Crippen LogP contribution in [0.15, 0.2) is 23.0 Å². The largest absolute Gasteiger partial charge is 0.481 e. The molecule has 0 radical (unpaired) electrons. The van der Waals surface area contributed by atoms with E-state index in [-0.39, 0.29) is 23.5 Å². The van der Waals surface area contributed by atoms with E-state index < -0.39 is 23.3 Å². The van der Waals surface area contributed by atoms with Crippen LogP contribution in [0.3, 0.4) is 0 Å². The Morgan fingerprint density at radius 3 is 2.57 bits per heavy atom. The molecular formula is C14H12F2N2O3. The van der Waals surface area contributed by atoms with Crippen LogP contribution in [0.1, 0.15) is 17.0 Å². The quantitative estimate of drug-likeness (QED) is 0.936. The maximum atomic E-state index is 13.8. The van der Waals surface area contributed by atoms with E-state index in [4.69, 9.17) is 5.11 Å². The van der Waals surface area contributed by atoms with Crippen LogP contribution in [0.5, 0.6) is 0 Å². The molecule has 1 aromatic carbocycles. The first-order valence-corrected chi connectivity index (χ1v) is 6.07. The maximum Gasteiger partial charge on any atom is 0.352 e. The Morgan fingerprint density at radius 1 is 1.33 bits per heavy atom. The van der Waals surface area contributed by atoms with Crippen LogP contribution in [0.2, 0.25) is 0 Å². The van der Waals surface area contributed by atoms with E-state index in [1.54, 1.807) is 0 Å². The average molecular weight is 294 g/mol. The van der Waals surface area contributed by atoms with Crippen LogP contribution >= 0.6 is 0 Å². The van der Waals surface area contributed by atoms with E-state index in [0.29, 0.717) is 11.6 Å². The van der Waals surface area contributed by atoms with Crippen molar-refractivity contribution in [2.24, 2.45) is 0 Å². The third-order valence-electron chi connectivity index (χ3n) is 3.14. The summed E-state index contributed by atoms with van der Waals surface area (Å²) in [7, 11) is 0. The topological polar surface area (TPSA) is 72.2 Å². The number of rotatable bonds is 3. The molecular weight excluding hydrogens is 282 g/mol. The van der Waals surface area contributed by atoms with E-state index in [0.717, 1.165) is 16.7 Å². The lowest BCUT2D eigenvalue weighted by Gasteiger charge is -2.15. The standard InChI is InChI=1S/C14H12F2N2O3/c1-7-10(6-13(19)20)8(2)18(14(21)17-7)12-4-3-9(15)5-11(12)16/h3-5H,6H2,1-2H3,(H,19,20). The van der Waals surface area contributed by atoms with E-state index >= 15 is 0 Å². The third-order valence-corrected chi connectivity index (χ3v) is 3.14. The molecule has 0 bridgehead atoms. The molecule has 110 valence electrons. The Balaban J connectivity index is 2.74. The molecule has 0 amide bonds. The number of carboxylic acid groups (broad SMARTS) is 1. The number of aryl methyl sites for hydroxylation is 1. The smallest absolute Gasteiger partial charge is 0.352 e. The lowest BCUT2D eigenvalue weighted by atomic mass is 10.1. The van der Waals surface area contributed by atoms with Gasteiger partial charge in [0.1, 0.15) is 11.6 Å². The fourth-order valence-electron chi connectivity index (χ4n) is 2.15. The highest BCUT2D eigenvalue weighted by Crippen LogP contribution is 2.18. The van der Waals surface area contributed by atoms with Gasteiger partial charge in [-0.15, -0.1) is 0 Å². The highest BCUT2D eigenvalue weighted by Gasteiger charge is 2.17. The van der Waals surface area contributed by atoms with Crippen molar-refractivity contribution in [1.82, 2.24) is 9.55 Å². The van der Waals surface area contributed by atoms with Crippen LogP contribution < -0.4 is 5.69 Å². The second kappa shape index (κ2) is 5.43. The molecule has 21 heavy (non-hydrogen) atoms. The zero-order valence-corrected chi connectivity index (χ0v) is 11.4. The highest BCUT2D eigenvalue weighted by atomic mass is 19.1. The van der Waals surface area contributed by atoms with E-state index in [1.807, 2.05) is 0 Å². The number of carboxylic acids is 1. The summed E-state index contributed by atoms with van der Waals surface area (Å²) in [5.41, 5.74) is -0.0485. The van der Waals surface area contributed by atoms with Crippen molar-refractivity contribution < 1.29 is 18.7 Å². The van der Waals surface area contributed by atoms with Gasteiger partial charge < -0.3 is 5.11 Å². The maximum absolute atomic E-state index is 13.8. The summed E-state index contributed by atoms with van der Waals surface area (Å²) in [5, 5.41) is 8.90. The van der Waals surface area contributed by atoms with Gasteiger partial charge >= 0.3 is 11.7 Å². The fourth-order valence-corrected chi connectivity index (χ4v) is 2.15. The van der Waals surface area contributed by atoms with Gasteiger partial charge in [0.25, 0.3) is 0 Å². The van der Waals surface area contributed by atoms with Gasteiger partial charge in [0.15, 0.2) is 0 Å². The normalized spacial score (nSPS) is 10.7. The van der Waals surface area contributed by atoms with Crippen LogP contribution in [0.25, 0.3) is 5.69 Å². The van der Waals surface area contributed by atoms with Gasteiger partial charge in [-0.05, 0) is 26.0 Å². The minimum atomic E-state index is -1.09. The van der Waals surface area contributed by atoms with Gasteiger partial charge in [0.2, 0.25) is 0 Å².